The van der Waals surface area contributed by atoms with Gasteiger partial charge in [-0.2, -0.15) is 0 Å². The molecule has 1 aromatic heterocycles. The Hall–Kier alpha value is -0.900. The van der Waals surface area contributed by atoms with Crippen molar-refractivity contribution in [2.24, 2.45) is 0 Å². The van der Waals surface area contributed by atoms with Crippen molar-refractivity contribution < 1.29 is 4.39 Å². The van der Waals surface area contributed by atoms with Crippen molar-refractivity contribution >= 4 is 22.9 Å². The van der Waals surface area contributed by atoms with Crippen LogP contribution in [0.15, 0.2) is 29.6 Å². The minimum Gasteiger partial charge on any atom is -0.306 e. The summed E-state index contributed by atoms with van der Waals surface area (Å²) in [5.41, 5.74) is 2.15. The van der Waals surface area contributed by atoms with Crippen molar-refractivity contribution in [1.82, 2.24) is 5.32 Å². The monoisotopic (exact) mass is 297 g/mol. The largest absolute Gasteiger partial charge is 0.306 e. The Morgan fingerprint density at radius 2 is 2.16 bits per heavy atom. The van der Waals surface area contributed by atoms with Crippen LogP contribution in [0.3, 0.4) is 0 Å². The molecule has 0 bridgehead atoms. The minimum absolute atomic E-state index is 0.0340. The van der Waals surface area contributed by atoms with Gasteiger partial charge < -0.3 is 5.32 Å². The van der Waals surface area contributed by atoms with E-state index in [9.17, 15) is 4.39 Å². The van der Waals surface area contributed by atoms with Crippen LogP contribution in [0.5, 0.6) is 0 Å². The Morgan fingerprint density at radius 1 is 1.37 bits per heavy atom. The Morgan fingerprint density at radius 3 is 2.74 bits per heavy atom. The maximum Gasteiger partial charge on any atom is 0.142 e. The number of rotatable bonds is 5. The molecule has 1 nitrogen and oxygen atoms in total. The first-order valence-corrected chi connectivity index (χ1v) is 7.61. The first kappa shape index (κ1) is 14.5. The Labute approximate surface area is 122 Å². The quantitative estimate of drug-likeness (QED) is 0.824. The molecule has 102 valence electrons. The van der Waals surface area contributed by atoms with Crippen LogP contribution in [-0.4, -0.2) is 6.54 Å². The van der Waals surface area contributed by atoms with Gasteiger partial charge in [0.15, 0.2) is 0 Å². The van der Waals surface area contributed by atoms with E-state index >= 15 is 0 Å². The summed E-state index contributed by atoms with van der Waals surface area (Å²) in [6.45, 7) is 5.10. The lowest BCUT2D eigenvalue weighted by Crippen LogP contribution is -2.23. The molecule has 1 aromatic carbocycles. The molecule has 1 atom stereocenters. The minimum atomic E-state index is -0.364. The lowest BCUT2D eigenvalue weighted by molar-refractivity contribution is 0.589. The molecular formula is C15H17ClFNS. The molecule has 1 N–H and O–H groups in total. The van der Waals surface area contributed by atoms with Gasteiger partial charge >= 0.3 is 0 Å². The van der Waals surface area contributed by atoms with E-state index in [4.69, 9.17) is 11.6 Å². The van der Waals surface area contributed by atoms with Gasteiger partial charge in [-0.05, 0) is 54.6 Å². The highest BCUT2D eigenvalue weighted by molar-refractivity contribution is 7.10. The summed E-state index contributed by atoms with van der Waals surface area (Å²) in [5.74, 6) is -0.364. The predicted octanol–water partition coefficient (Wildman–Crippen LogP) is 4.94. The van der Waals surface area contributed by atoms with E-state index in [-0.39, 0.29) is 16.9 Å². The lowest BCUT2D eigenvalue weighted by atomic mass is 10.0. The van der Waals surface area contributed by atoms with Gasteiger partial charge in [-0.3, -0.25) is 0 Å². The molecule has 19 heavy (non-hydrogen) atoms. The molecule has 0 saturated heterocycles. The Balaban J connectivity index is 2.37. The third-order valence-corrected chi connectivity index (χ3v) is 4.43. The number of hydrogen-bond donors (Lipinski definition) is 1. The Bertz CT molecular complexity index is 553. The zero-order valence-corrected chi connectivity index (χ0v) is 12.6. The number of hydrogen-bond acceptors (Lipinski definition) is 2. The second-order valence-electron chi connectivity index (χ2n) is 4.53. The first-order valence-electron chi connectivity index (χ1n) is 6.35. The number of aryl methyl sites for hydroxylation is 1. The van der Waals surface area contributed by atoms with Gasteiger partial charge in [-0.25, -0.2) is 4.39 Å². The second kappa shape index (κ2) is 6.51. The van der Waals surface area contributed by atoms with E-state index in [1.807, 2.05) is 6.07 Å². The highest BCUT2D eigenvalue weighted by atomic mass is 35.5. The number of halogens is 2. The van der Waals surface area contributed by atoms with Crippen LogP contribution in [0.2, 0.25) is 5.02 Å². The fourth-order valence-electron chi connectivity index (χ4n) is 2.02. The maximum absolute atomic E-state index is 13.6. The molecule has 0 fully saturated rings. The van der Waals surface area contributed by atoms with Crippen LogP contribution in [0.25, 0.3) is 0 Å². The molecule has 0 aliphatic heterocycles. The molecule has 2 rings (SSSR count). The summed E-state index contributed by atoms with van der Waals surface area (Å²) in [6.07, 6.45) is 1.04. The smallest absolute Gasteiger partial charge is 0.142 e. The summed E-state index contributed by atoms with van der Waals surface area (Å²) in [6, 6.07) is 7.15. The van der Waals surface area contributed by atoms with Crippen molar-refractivity contribution in [3.8, 4) is 0 Å². The standard InChI is InChI=1S/C15H17ClFNS/c1-3-7-18-14(15-10(2)6-8-19-15)11-4-5-12(16)13(17)9-11/h4-6,8-9,14,18H,3,7H2,1-2H3. The molecule has 0 amide bonds. The third kappa shape index (κ3) is 3.35. The number of thiophene rings is 1. The summed E-state index contributed by atoms with van der Waals surface area (Å²) >= 11 is 7.45. The molecule has 0 saturated carbocycles. The van der Waals surface area contributed by atoms with Gasteiger partial charge in [0.05, 0.1) is 11.1 Å². The average molecular weight is 298 g/mol. The van der Waals surface area contributed by atoms with Gasteiger partial charge in [0, 0.05) is 4.88 Å². The normalized spacial score (nSPS) is 12.6. The van der Waals surface area contributed by atoms with Crippen molar-refractivity contribution in [3.63, 3.8) is 0 Å². The summed E-state index contributed by atoms with van der Waals surface area (Å²) in [4.78, 5) is 1.23. The molecule has 0 aliphatic rings. The van der Waals surface area contributed by atoms with Gasteiger partial charge in [0.25, 0.3) is 0 Å². The molecule has 1 heterocycles. The third-order valence-electron chi connectivity index (χ3n) is 3.04. The summed E-state index contributed by atoms with van der Waals surface area (Å²) in [5, 5.41) is 5.71. The second-order valence-corrected chi connectivity index (χ2v) is 5.88. The zero-order valence-electron chi connectivity index (χ0n) is 11.0. The van der Waals surface area contributed by atoms with E-state index in [0.29, 0.717) is 0 Å². The lowest BCUT2D eigenvalue weighted by Gasteiger charge is -2.19. The molecule has 0 aliphatic carbocycles. The van der Waals surface area contributed by atoms with E-state index in [0.717, 1.165) is 18.5 Å². The first-order chi connectivity index (χ1) is 9.13. The van der Waals surface area contributed by atoms with Crippen LogP contribution in [0.4, 0.5) is 4.39 Å². The van der Waals surface area contributed by atoms with Crippen molar-refractivity contribution in [2.75, 3.05) is 6.54 Å². The highest BCUT2D eigenvalue weighted by Gasteiger charge is 2.17. The van der Waals surface area contributed by atoms with E-state index in [1.165, 1.54) is 16.5 Å². The van der Waals surface area contributed by atoms with Crippen LogP contribution in [0.1, 0.15) is 35.4 Å². The molecule has 2 aromatic rings. The Kier molecular flexibility index (Phi) is 4.97. The van der Waals surface area contributed by atoms with Crippen LogP contribution >= 0.6 is 22.9 Å². The van der Waals surface area contributed by atoms with Gasteiger partial charge in [-0.1, -0.05) is 24.6 Å². The highest BCUT2D eigenvalue weighted by Crippen LogP contribution is 2.31. The molecule has 1 unspecified atom stereocenters. The molecule has 4 heteroatoms. The van der Waals surface area contributed by atoms with Crippen molar-refractivity contribution in [1.29, 1.82) is 0 Å². The predicted molar refractivity (Wildman–Crippen MR) is 80.6 cm³/mol. The van der Waals surface area contributed by atoms with Crippen LogP contribution in [0, 0.1) is 12.7 Å². The SMILES string of the molecule is CCCNC(c1ccc(Cl)c(F)c1)c1sccc1C. The number of nitrogens with one attached hydrogen (secondary N) is 1. The molecule has 0 radical (unpaired) electrons. The van der Waals surface area contributed by atoms with Crippen molar-refractivity contribution in [2.45, 2.75) is 26.3 Å². The number of benzene rings is 1. The van der Waals surface area contributed by atoms with Gasteiger partial charge in [-0.15, -0.1) is 11.3 Å². The molecule has 0 spiro atoms. The van der Waals surface area contributed by atoms with E-state index in [2.05, 4.69) is 30.6 Å². The average Bonchev–Trinajstić information content (AvgIpc) is 2.80. The fraction of sp³-hybridized carbons (Fsp3) is 0.333. The maximum atomic E-state index is 13.6. The topological polar surface area (TPSA) is 12.0 Å². The van der Waals surface area contributed by atoms with Gasteiger partial charge in [0.2, 0.25) is 0 Å². The zero-order chi connectivity index (χ0) is 13.8. The van der Waals surface area contributed by atoms with Crippen LogP contribution < -0.4 is 5.32 Å². The van der Waals surface area contributed by atoms with Gasteiger partial charge in [0.1, 0.15) is 5.82 Å². The summed E-state index contributed by atoms with van der Waals surface area (Å²) < 4.78 is 13.6. The fourth-order valence-corrected chi connectivity index (χ4v) is 3.17. The van der Waals surface area contributed by atoms with Crippen molar-refractivity contribution in [3.05, 3.63) is 56.5 Å². The summed E-state index contributed by atoms with van der Waals surface area (Å²) in [7, 11) is 0. The molecular weight excluding hydrogens is 281 g/mol. The van der Waals surface area contributed by atoms with E-state index in [1.54, 1.807) is 17.4 Å². The van der Waals surface area contributed by atoms with Crippen LogP contribution in [-0.2, 0) is 0 Å². The van der Waals surface area contributed by atoms with E-state index < -0.39 is 0 Å².